The molecule has 0 bridgehead atoms. The lowest BCUT2D eigenvalue weighted by atomic mass is 10.2. The second-order valence-electron chi connectivity index (χ2n) is 8.26. The molecule has 0 radical (unpaired) electrons. The average Bonchev–Trinajstić information content (AvgIpc) is 3.33. The highest BCUT2D eigenvalue weighted by Gasteiger charge is 2.19. The number of hydrogen-bond acceptors (Lipinski definition) is 8. The Balaban J connectivity index is 1.40. The van der Waals surface area contributed by atoms with Gasteiger partial charge in [-0.2, -0.15) is 5.10 Å². The zero-order valence-electron chi connectivity index (χ0n) is 19.0. The lowest BCUT2D eigenvalue weighted by molar-refractivity contribution is -0.129. The number of H-pyrrole nitrogens is 1. The fourth-order valence-corrected chi connectivity index (χ4v) is 4.60. The molecule has 0 spiro atoms. The third-order valence-corrected chi connectivity index (χ3v) is 6.85. The summed E-state index contributed by atoms with van der Waals surface area (Å²) in [7, 11) is -3.86. The molecular weight excluding hydrogens is 468 g/mol. The van der Waals surface area contributed by atoms with Gasteiger partial charge in [0.1, 0.15) is 11.0 Å². The van der Waals surface area contributed by atoms with E-state index < -0.39 is 10.0 Å². The summed E-state index contributed by atoms with van der Waals surface area (Å²) in [6.07, 6.45) is 1.58. The van der Waals surface area contributed by atoms with Gasteiger partial charge in [0.2, 0.25) is 15.9 Å². The van der Waals surface area contributed by atoms with Crippen LogP contribution in [0.5, 0.6) is 0 Å². The normalized spacial score (nSPS) is 14.3. The van der Waals surface area contributed by atoms with E-state index in [4.69, 9.17) is 5.14 Å². The molecule has 3 heterocycles. The molecular formula is C23H24N8O3S. The van der Waals surface area contributed by atoms with Crippen LogP contribution < -0.4 is 15.4 Å². The summed E-state index contributed by atoms with van der Waals surface area (Å²) >= 11 is 0. The number of carbonyl (C=O) groups is 1. The number of fused-ring (bicyclic) bond motifs is 1. The smallest absolute Gasteiger partial charge is 0.238 e. The van der Waals surface area contributed by atoms with Crippen molar-refractivity contribution in [3.63, 3.8) is 0 Å². The highest BCUT2D eigenvalue weighted by molar-refractivity contribution is 7.89. The van der Waals surface area contributed by atoms with Gasteiger partial charge in [-0.3, -0.25) is 9.89 Å². The molecule has 0 unspecified atom stereocenters. The zero-order valence-corrected chi connectivity index (χ0v) is 19.8. The Bertz CT molecular complexity index is 1490. The van der Waals surface area contributed by atoms with Crippen molar-refractivity contribution in [3.8, 4) is 11.4 Å². The molecule has 1 fully saturated rings. The molecule has 1 amide bonds. The van der Waals surface area contributed by atoms with Crippen molar-refractivity contribution >= 4 is 44.2 Å². The van der Waals surface area contributed by atoms with Crippen molar-refractivity contribution in [1.29, 1.82) is 0 Å². The number of nitrogens with two attached hydrogens (primary N) is 1. The first-order chi connectivity index (χ1) is 16.8. The number of aromatic amines is 1. The number of primary sulfonamides is 1. The maximum atomic E-state index is 11.8. The molecule has 4 N–H and O–H groups in total. The Hall–Kier alpha value is -4.03. The molecule has 2 aromatic heterocycles. The number of nitrogens with one attached hydrogen (secondary N) is 2. The quantitative estimate of drug-likeness (QED) is 0.383. The van der Waals surface area contributed by atoms with Crippen molar-refractivity contribution in [2.24, 2.45) is 5.14 Å². The summed E-state index contributed by atoms with van der Waals surface area (Å²) in [5.41, 5.74) is 3.62. The van der Waals surface area contributed by atoms with E-state index in [0.29, 0.717) is 41.3 Å². The van der Waals surface area contributed by atoms with E-state index in [0.717, 1.165) is 24.5 Å². The van der Waals surface area contributed by atoms with Gasteiger partial charge in [-0.05, 0) is 36.4 Å². The van der Waals surface area contributed by atoms with Gasteiger partial charge in [0.05, 0.1) is 11.1 Å². The lowest BCUT2D eigenvalue weighted by Crippen LogP contribution is -2.48. The van der Waals surface area contributed by atoms with Gasteiger partial charge in [-0.1, -0.05) is 12.1 Å². The number of amides is 1. The first-order valence-corrected chi connectivity index (χ1v) is 12.5. The van der Waals surface area contributed by atoms with Crippen LogP contribution in [0.2, 0.25) is 0 Å². The first-order valence-electron chi connectivity index (χ1n) is 11.0. The molecule has 35 heavy (non-hydrogen) atoms. The van der Waals surface area contributed by atoms with Crippen LogP contribution in [-0.4, -0.2) is 65.6 Å². The minimum absolute atomic E-state index is 0.0138. The van der Waals surface area contributed by atoms with Crippen LogP contribution >= 0.6 is 0 Å². The molecule has 1 aliphatic rings. The number of benzene rings is 2. The number of rotatable bonds is 5. The number of sulfonamides is 1. The van der Waals surface area contributed by atoms with Gasteiger partial charge in [-0.15, -0.1) is 0 Å². The van der Waals surface area contributed by atoms with Crippen molar-refractivity contribution in [2.75, 3.05) is 36.4 Å². The Kier molecular flexibility index (Phi) is 5.83. The van der Waals surface area contributed by atoms with Gasteiger partial charge in [-0.25, -0.2) is 23.5 Å². The number of hydrogen-bond donors (Lipinski definition) is 3. The monoisotopic (exact) mass is 492 g/mol. The van der Waals surface area contributed by atoms with E-state index in [2.05, 4.69) is 30.4 Å². The maximum Gasteiger partial charge on any atom is 0.238 e. The fourth-order valence-electron chi connectivity index (χ4n) is 4.04. The van der Waals surface area contributed by atoms with Crippen LogP contribution in [0.3, 0.4) is 0 Å². The molecule has 1 aliphatic heterocycles. The van der Waals surface area contributed by atoms with Crippen LogP contribution in [0.1, 0.15) is 6.92 Å². The van der Waals surface area contributed by atoms with Crippen molar-refractivity contribution in [2.45, 2.75) is 11.8 Å². The largest absolute Gasteiger partial charge is 0.368 e. The predicted molar refractivity (Wildman–Crippen MR) is 133 cm³/mol. The van der Waals surface area contributed by atoms with E-state index in [-0.39, 0.29) is 10.8 Å². The van der Waals surface area contributed by atoms with E-state index in [1.54, 1.807) is 25.3 Å². The van der Waals surface area contributed by atoms with Crippen molar-refractivity contribution in [1.82, 2.24) is 25.1 Å². The Morgan fingerprint density at radius 2 is 1.80 bits per heavy atom. The molecule has 4 aromatic rings. The molecule has 12 heteroatoms. The molecule has 11 nitrogen and oxygen atoms in total. The summed E-state index contributed by atoms with van der Waals surface area (Å²) in [5.74, 6) is 0.952. The molecule has 0 atom stereocenters. The van der Waals surface area contributed by atoms with Crippen LogP contribution in [0.15, 0.2) is 59.6 Å². The van der Waals surface area contributed by atoms with Crippen LogP contribution in [0, 0.1) is 0 Å². The highest BCUT2D eigenvalue weighted by Crippen LogP contribution is 2.28. The number of carbonyl (C=O) groups excluding carboxylic acids is 1. The van der Waals surface area contributed by atoms with Crippen LogP contribution in [0.4, 0.5) is 17.2 Å². The van der Waals surface area contributed by atoms with E-state index >= 15 is 0 Å². The minimum Gasteiger partial charge on any atom is -0.368 e. The van der Waals surface area contributed by atoms with Crippen LogP contribution in [0.25, 0.3) is 22.4 Å². The standard InChI is InChI=1S/C23H24N8O3S/c1-15(32)30-9-11-31(12-10-30)18-7-5-17(6-8-18)26-23-21-20(14-25-29-21)27-22(28-23)16-3-2-4-19(13-16)35(24,33)34/h2-8,13-14H,9-12H2,1H3,(H,25,29)(H2,24,33,34)(H,26,27,28). The topological polar surface area (TPSA) is 150 Å². The summed E-state index contributed by atoms with van der Waals surface area (Å²) in [4.78, 5) is 24.8. The van der Waals surface area contributed by atoms with Gasteiger partial charge >= 0.3 is 0 Å². The first kappa shape index (κ1) is 22.7. The Labute approximate surface area is 202 Å². The van der Waals surface area contributed by atoms with Gasteiger partial charge in [0.25, 0.3) is 0 Å². The van der Waals surface area contributed by atoms with E-state index in [1.807, 2.05) is 29.2 Å². The molecule has 0 aliphatic carbocycles. The molecule has 1 saturated heterocycles. The zero-order chi connectivity index (χ0) is 24.6. The SMILES string of the molecule is CC(=O)N1CCN(c2ccc(Nc3nc(-c4cccc(S(N)(=O)=O)c4)nc4cn[nH]c34)cc2)CC1. The van der Waals surface area contributed by atoms with Gasteiger partial charge in [0.15, 0.2) is 11.6 Å². The predicted octanol–water partition coefficient (Wildman–Crippen LogP) is 2.08. The summed E-state index contributed by atoms with van der Waals surface area (Å²) in [6, 6.07) is 14.1. The number of aromatic nitrogens is 4. The lowest BCUT2D eigenvalue weighted by Gasteiger charge is -2.35. The number of anilines is 3. The summed E-state index contributed by atoms with van der Waals surface area (Å²) in [5, 5.41) is 15.6. The number of piperazine rings is 1. The molecule has 180 valence electrons. The Morgan fingerprint density at radius 3 is 2.49 bits per heavy atom. The van der Waals surface area contributed by atoms with Crippen molar-refractivity contribution in [3.05, 3.63) is 54.7 Å². The maximum absolute atomic E-state index is 11.8. The van der Waals surface area contributed by atoms with Crippen LogP contribution in [-0.2, 0) is 14.8 Å². The third-order valence-electron chi connectivity index (χ3n) is 5.94. The highest BCUT2D eigenvalue weighted by atomic mass is 32.2. The summed E-state index contributed by atoms with van der Waals surface area (Å²) < 4.78 is 23.5. The average molecular weight is 493 g/mol. The second kappa shape index (κ2) is 8.96. The Morgan fingerprint density at radius 1 is 1.06 bits per heavy atom. The molecule has 2 aromatic carbocycles. The summed E-state index contributed by atoms with van der Waals surface area (Å²) in [6.45, 7) is 4.59. The molecule has 0 saturated carbocycles. The van der Waals surface area contributed by atoms with Gasteiger partial charge in [0, 0.05) is 50.0 Å². The van der Waals surface area contributed by atoms with E-state index in [1.165, 1.54) is 12.1 Å². The number of nitrogens with zero attached hydrogens (tertiary/aromatic N) is 5. The molecule has 5 rings (SSSR count). The minimum atomic E-state index is -3.86. The third kappa shape index (κ3) is 4.79. The second-order valence-corrected chi connectivity index (χ2v) is 9.83. The fraction of sp³-hybridized carbons (Fsp3) is 0.217. The van der Waals surface area contributed by atoms with Crippen molar-refractivity contribution < 1.29 is 13.2 Å². The van der Waals surface area contributed by atoms with Gasteiger partial charge < -0.3 is 15.1 Å². The van der Waals surface area contributed by atoms with E-state index in [9.17, 15) is 13.2 Å².